The summed E-state index contributed by atoms with van der Waals surface area (Å²) >= 11 is 0. The first-order chi connectivity index (χ1) is 9.45. The molecule has 1 aromatic heterocycles. The number of rotatable bonds is 5. The molecule has 20 heavy (non-hydrogen) atoms. The van der Waals surface area contributed by atoms with Gasteiger partial charge >= 0.3 is 6.61 Å². The van der Waals surface area contributed by atoms with Crippen molar-refractivity contribution in [1.82, 2.24) is 9.78 Å². The minimum atomic E-state index is -2.83. The standard InChI is InChI=1S/C14H17F2N3O/c1-9-6-11(19(2)18-9)8-13(17)10-4-3-5-12(7-10)20-14(15)16/h3-7,13-14H,8,17H2,1-2H3. The van der Waals surface area contributed by atoms with Gasteiger partial charge in [-0.3, -0.25) is 4.68 Å². The largest absolute Gasteiger partial charge is 0.435 e. The number of ether oxygens (including phenoxy) is 1. The molecule has 2 N–H and O–H groups in total. The second kappa shape index (κ2) is 6.00. The van der Waals surface area contributed by atoms with Gasteiger partial charge in [0.1, 0.15) is 5.75 Å². The molecule has 0 fully saturated rings. The number of hydrogen-bond donors (Lipinski definition) is 1. The maximum absolute atomic E-state index is 12.2. The lowest BCUT2D eigenvalue weighted by Gasteiger charge is -2.13. The van der Waals surface area contributed by atoms with Crippen molar-refractivity contribution < 1.29 is 13.5 Å². The lowest BCUT2D eigenvalue weighted by Crippen LogP contribution is -2.15. The maximum atomic E-state index is 12.2. The Kier molecular flexibility index (Phi) is 4.34. The van der Waals surface area contributed by atoms with Crippen molar-refractivity contribution in [2.24, 2.45) is 12.8 Å². The van der Waals surface area contributed by atoms with Gasteiger partial charge in [-0.05, 0) is 30.7 Å². The highest BCUT2D eigenvalue weighted by molar-refractivity contribution is 5.31. The topological polar surface area (TPSA) is 53.1 Å². The van der Waals surface area contributed by atoms with Crippen LogP contribution in [0.4, 0.5) is 8.78 Å². The molecule has 2 aromatic rings. The smallest absolute Gasteiger partial charge is 0.387 e. The minimum absolute atomic E-state index is 0.120. The zero-order valence-corrected chi connectivity index (χ0v) is 11.4. The molecular formula is C14H17F2N3O. The molecule has 0 amide bonds. The molecule has 0 aliphatic carbocycles. The van der Waals surface area contributed by atoms with Crippen molar-refractivity contribution in [2.75, 3.05) is 0 Å². The van der Waals surface area contributed by atoms with E-state index in [1.807, 2.05) is 20.0 Å². The number of aromatic nitrogens is 2. The number of nitrogens with two attached hydrogens (primary N) is 1. The monoisotopic (exact) mass is 281 g/mol. The Morgan fingerprint density at radius 3 is 2.70 bits per heavy atom. The number of aryl methyl sites for hydroxylation is 2. The van der Waals surface area contributed by atoms with Crippen LogP contribution in [-0.4, -0.2) is 16.4 Å². The average molecular weight is 281 g/mol. The minimum Gasteiger partial charge on any atom is -0.435 e. The Balaban J connectivity index is 2.12. The van der Waals surface area contributed by atoms with Gasteiger partial charge in [0.05, 0.1) is 5.69 Å². The van der Waals surface area contributed by atoms with Crippen molar-refractivity contribution in [2.45, 2.75) is 26.0 Å². The summed E-state index contributed by atoms with van der Waals surface area (Å²) in [6.07, 6.45) is 0.579. The summed E-state index contributed by atoms with van der Waals surface area (Å²) < 4.78 is 30.5. The molecule has 0 aliphatic rings. The van der Waals surface area contributed by atoms with Crippen LogP contribution >= 0.6 is 0 Å². The number of hydrogen-bond acceptors (Lipinski definition) is 3. The zero-order valence-electron chi connectivity index (χ0n) is 11.4. The van der Waals surface area contributed by atoms with E-state index >= 15 is 0 Å². The molecule has 1 atom stereocenters. The van der Waals surface area contributed by atoms with E-state index in [-0.39, 0.29) is 11.8 Å². The van der Waals surface area contributed by atoms with Gasteiger partial charge in [0, 0.05) is 25.2 Å². The Morgan fingerprint density at radius 2 is 2.10 bits per heavy atom. The van der Waals surface area contributed by atoms with E-state index < -0.39 is 6.61 Å². The second-order valence-corrected chi connectivity index (χ2v) is 4.66. The van der Waals surface area contributed by atoms with Crippen molar-refractivity contribution in [1.29, 1.82) is 0 Å². The molecular weight excluding hydrogens is 264 g/mol. The number of alkyl halides is 2. The number of nitrogens with zero attached hydrogens (tertiary/aromatic N) is 2. The van der Waals surface area contributed by atoms with Gasteiger partial charge in [-0.2, -0.15) is 13.9 Å². The fraction of sp³-hybridized carbons (Fsp3) is 0.357. The van der Waals surface area contributed by atoms with Gasteiger partial charge in [-0.1, -0.05) is 12.1 Å². The molecule has 2 rings (SSSR count). The third kappa shape index (κ3) is 3.54. The van der Waals surface area contributed by atoms with Crippen molar-refractivity contribution in [3.8, 4) is 5.75 Å². The molecule has 108 valence electrons. The molecule has 0 bridgehead atoms. The Labute approximate surface area is 116 Å². The summed E-state index contributed by atoms with van der Waals surface area (Å²) in [5.74, 6) is 0.120. The van der Waals surface area contributed by atoms with E-state index in [9.17, 15) is 8.78 Å². The highest BCUT2D eigenvalue weighted by atomic mass is 19.3. The van der Waals surface area contributed by atoms with Crippen molar-refractivity contribution >= 4 is 0 Å². The van der Waals surface area contributed by atoms with Gasteiger partial charge in [-0.15, -0.1) is 0 Å². The summed E-state index contributed by atoms with van der Waals surface area (Å²) in [7, 11) is 1.85. The van der Waals surface area contributed by atoms with Gasteiger partial charge < -0.3 is 10.5 Å². The molecule has 0 radical (unpaired) electrons. The quantitative estimate of drug-likeness (QED) is 0.916. The molecule has 1 heterocycles. The first-order valence-electron chi connectivity index (χ1n) is 6.25. The average Bonchev–Trinajstić information content (AvgIpc) is 2.67. The number of benzene rings is 1. The van der Waals surface area contributed by atoms with Crippen LogP contribution in [0.25, 0.3) is 0 Å². The van der Waals surface area contributed by atoms with E-state index in [2.05, 4.69) is 9.84 Å². The van der Waals surface area contributed by atoms with E-state index in [1.165, 1.54) is 6.07 Å². The summed E-state index contributed by atoms with van der Waals surface area (Å²) in [6, 6.07) is 8.13. The summed E-state index contributed by atoms with van der Waals surface area (Å²) in [6.45, 7) is -0.923. The fourth-order valence-corrected chi connectivity index (χ4v) is 2.12. The normalized spacial score (nSPS) is 12.7. The number of halogens is 2. The summed E-state index contributed by atoms with van der Waals surface area (Å²) in [5, 5.41) is 4.25. The molecule has 0 spiro atoms. The lowest BCUT2D eigenvalue weighted by atomic mass is 10.0. The van der Waals surface area contributed by atoms with Crippen molar-refractivity contribution in [3.63, 3.8) is 0 Å². The molecule has 6 heteroatoms. The molecule has 0 saturated carbocycles. The van der Waals surface area contributed by atoms with Gasteiger partial charge in [-0.25, -0.2) is 0 Å². The summed E-state index contributed by atoms with van der Waals surface area (Å²) in [5.41, 5.74) is 8.79. The SMILES string of the molecule is Cc1cc(CC(N)c2cccc(OC(F)F)c2)n(C)n1. The van der Waals surface area contributed by atoms with E-state index in [0.717, 1.165) is 17.0 Å². The fourth-order valence-electron chi connectivity index (χ4n) is 2.12. The predicted octanol–water partition coefficient (Wildman–Crippen LogP) is 2.57. The summed E-state index contributed by atoms with van der Waals surface area (Å²) in [4.78, 5) is 0. The first-order valence-corrected chi connectivity index (χ1v) is 6.25. The molecule has 1 unspecified atom stereocenters. The zero-order chi connectivity index (χ0) is 14.7. The van der Waals surface area contributed by atoms with E-state index in [4.69, 9.17) is 5.73 Å². The van der Waals surface area contributed by atoms with E-state index in [1.54, 1.807) is 22.9 Å². The van der Waals surface area contributed by atoms with Crippen LogP contribution in [0.3, 0.4) is 0 Å². The molecule has 4 nitrogen and oxygen atoms in total. The highest BCUT2D eigenvalue weighted by Gasteiger charge is 2.12. The van der Waals surface area contributed by atoms with Crippen LogP contribution in [0, 0.1) is 6.92 Å². The van der Waals surface area contributed by atoms with Crippen LogP contribution in [0.5, 0.6) is 5.75 Å². The Bertz CT molecular complexity index is 584. The Morgan fingerprint density at radius 1 is 1.35 bits per heavy atom. The van der Waals surface area contributed by atoms with Crippen molar-refractivity contribution in [3.05, 3.63) is 47.3 Å². The second-order valence-electron chi connectivity index (χ2n) is 4.66. The van der Waals surface area contributed by atoms with E-state index in [0.29, 0.717) is 6.42 Å². The van der Waals surface area contributed by atoms with Crippen LogP contribution < -0.4 is 10.5 Å². The third-order valence-corrected chi connectivity index (χ3v) is 3.04. The third-order valence-electron chi connectivity index (χ3n) is 3.04. The molecule has 1 aromatic carbocycles. The molecule has 0 saturated heterocycles. The lowest BCUT2D eigenvalue weighted by molar-refractivity contribution is -0.0499. The molecule has 0 aliphatic heterocycles. The van der Waals surface area contributed by atoms with Crippen LogP contribution in [-0.2, 0) is 13.5 Å². The Hall–Kier alpha value is -1.95. The first kappa shape index (κ1) is 14.5. The highest BCUT2D eigenvalue weighted by Crippen LogP contribution is 2.22. The predicted molar refractivity (Wildman–Crippen MR) is 71.7 cm³/mol. The van der Waals surface area contributed by atoms with Crippen LogP contribution in [0.1, 0.15) is 23.0 Å². The van der Waals surface area contributed by atoms with Gasteiger partial charge in [0.2, 0.25) is 0 Å². The van der Waals surface area contributed by atoms with Gasteiger partial charge in [0.15, 0.2) is 0 Å². The van der Waals surface area contributed by atoms with Crippen LogP contribution in [0.2, 0.25) is 0 Å². The van der Waals surface area contributed by atoms with Crippen LogP contribution in [0.15, 0.2) is 30.3 Å². The maximum Gasteiger partial charge on any atom is 0.387 e. The van der Waals surface area contributed by atoms with Gasteiger partial charge in [0.25, 0.3) is 0 Å².